The van der Waals surface area contributed by atoms with Crippen molar-refractivity contribution in [2.75, 3.05) is 21.3 Å². The van der Waals surface area contributed by atoms with Crippen LogP contribution in [0.5, 0.6) is 17.2 Å². The average Bonchev–Trinajstić information content (AvgIpc) is 2.67. The molecule has 0 unspecified atom stereocenters. The Morgan fingerprint density at radius 2 is 1.41 bits per heavy atom. The molecule has 0 aliphatic rings. The summed E-state index contributed by atoms with van der Waals surface area (Å²) in [5, 5.41) is 0. The first-order valence-electron chi connectivity index (χ1n) is 8.08. The lowest BCUT2D eigenvalue weighted by molar-refractivity contribution is -0.128. The fourth-order valence-electron chi connectivity index (χ4n) is 2.49. The molecule has 0 radical (unpaired) electrons. The molecule has 2 aromatic rings. The van der Waals surface area contributed by atoms with Gasteiger partial charge in [-0.1, -0.05) is 18.2 Å². The summed E-state index contributed by atoms with van der Waals surface area (Å²) in [4.78, 5) is 24.0. The van der Waals surface area contributed by atoms with Gasteiger partial charge in [0, 0.05) is 5.56 Å². The highest BCUT2D eigenvalue weighted by Crippen LogP contribution is 2.39. The summed E-state index contributed by atoms with van der Waals surface area (Å²) in [6.45, 7) is 0. The van der Waals surface area contributed by atoms with Gasteiger partial charge in [0.2, 0.25) is 17.6 Å². The summed E-state index contributed by atoms with van der Waals surface area (Å²) in [7, 11) is 4.43. The van der Waals surface area contributed by atoms with E-state index in [4.69, 9.17) is 14.2 Å². The molecule has 144 valence electrons. The molecule has 0 fully saturated rings. The molecule has 2 N–H and O–H groups in total. The standard InChI is InChI=1S/C19H21FN2O5/c1-25-15-9-6-13(18(26-2)19(15)27-3)11-17(24)22-21-16(23)10-12-4-7-14(20)8-5-12/h4-9H,10-11H2,1-3H3,(H,21,23)(H,22,24). The van der Waals surface area contributed by atoms with E-state index < -0.39 is 11.8 Å². The van der Waals surface area contributed by atoms with E-state index in [0.29, 0.717) is 28.4 Å². The van der Waals surface area contributed by atoms with Crippen LogP contribution in [0.15, 0.2) is 36.4 Å². The second-order valence-corrected chi connectivity index (χ2v) is 5.57. The van der Waals surface area contributed by atoms with Crippen LogP contribution in [0.3, 0.4) is 0 Å². The van der Waals surface area contributed by atoms with Gasteiger partial charge in [0.05, 0.1) is 34.2 Å². The van der Waals surface area contributed by atoms with Gasteiger partial charge in [0.15, 0.2) is 11.5 Å². The number of carbonyl (C=O) groups excluding carboxylic acids is 2. The Kier molecular flexibility index (Phi) is 6.99. The van der Waals surface area contributed by atoms with Crippen molar-refractivity contribution >= 4 is 11.8 Å². The van der Waals surface area contributed by atoms with Crippen LogP contribution in [0.4, 0.5) is 4.39 Å². The molecule has 0 aromatic heterocycles. The molecule has 8 heteroatoms. The summed E-state index contributed by atoms with van der Waals surface area (Å²) >= 11 is 0. The number of ether oxygens (including phenoxy) is 3. The number of carbonyl (C=O) groups is 2. The summed E-state index contributed by atoms with van der Waals surface area (Å²) in [6, 6.07) is 8.89. The molecule has 0 heterocycles. The summed E-state index contributed by atoms with van der Waals surface area (Å²) < 4.78 is 28.7. The number of methoxy groups -OCH3 is 3. The van der Waals surface area contributed by atoms with Crippen LogP contribution < -0.4 is 25.1 Å². The van der Waals surface area contributed by atoms with E-state index in [1.165, 1.54) is 45.6 Å². The second-order valence-electron chi connectivity index (χ2n) is 5.57. The number of halogens is 1. The van der Waals surface area contributed by atoms with Crippen LogP contribution >= 0.6 is 0 Å². The van der Waals surface area contributed by atoms with Crippen LogP contribution in [0, 0.1) is 5.82 Å². The minimum absolute atomic E-state index is 0.0141. The number of hydrazine groups is 1. The fraction of sp³-hybridized carbons (Fsp3) is 0.263. The highest BCUT2D eigenvalue weighted by atomic mass is 19.1. The normalized spacial score (nSPS) is 10.1. The molecular weight excluding hydrogens is 355 g/mol. The second kappa shape index (κ2) is 9.42. The largest absolute Gasteiger partial charge is 0.493 e. The monoisotopic (exact) mass is 376 g/mol. The van der Waals surface area contributed by atoms with Crippen molar-refractivity contribution in [1.82, 2.24) is 10.9 Å². The van der Waals surface area contributed by atoms with Crippen LogP contribution in [0.25, 0.3) is 0 Å². The third kappa shape index (κ3) is 5.34. The molecular formula is C19H21FN2O5. The predicted octanol–water partition coefficient (Wildman–Crippen LogP) is 1.78. The molecule has 2 rings (SSSR count). The van der Waals surface area contributed by atoms with Gasteiger partial charge in [-0.2, -0.15) is 0 Å². The van der Waals surface area contributed by atoms with Gasteiger partial charge in [-0.3, -0.25) is 20.4 Å². The number of hydrogen-bond acceptors (Lipinski definition) is 5. The van der Waals surface area contributed by atoms with Crippen molar-refractivity contribution in [1.29, 1.82) is 0 Å². The zero-order valence-electron chi connectivity index (χ0n) is 15.3. The summed E-state index contributed by atoms with van der Waals surface area (Å²) in [6.07, 6.45) is -0.0272. The Morgan fingerprint density at radius 3 is 1.96 bits per heavy atom. The number of hydrogen-bond donors (Lipinski definition) is 2. The van der Waals surface area contributed by atoms with E-state index >= 15 is 0 Å². The van der Waals surface area contributed by atoms with Gasteiger partial charge >= 0.3 is 0 Å². The van der Waals surface area contributed by atoms with Crippen molar-refractivity contribution in [2.45, 2.75) is 12.8 Å². The first kappa shape index (κ1) is 20.0. The Morgan fingerprint density at radius 1 is 0.815 bits per heavy atom. The molecule has 0 aliphatic heterocycles. The lowest BCUT2D eigenvalue weighted by Crippen LogP contribution is -2.43. The number of nitrogens with one attached hydrogen (secondary N) is 2. The summed E-state index contributed by atoms with van der Waals surface area (Å²) in [5.41, 5.74) is 5.86. The lowest BCUT2D eigenvalue weighted by atomic mass is 10.1. The topological polar surface area (TPSA) is 85.9 Å². The molecule has 0 bridgehead atoms. The van der Waals surface area contributed by atoms with E-state index in [0.717, 1.165) is 0 Å². The van der Waals surface area contributed by atoms with Gasteiger partial charge in [0.25, 0.3) is 0 Å². The quantitative estimate of drug-likeness (QED) is 0.720. The average molecular weight is 376 g/mol. The number of rotatable bonds is 7. The highest BCUT2D eigenvalue weighted by Gasteiger charge is 2.18. The molecule has 0 saturated carbocycles. The van der Waals surface area contributed by atoms with Crippen LogP contribution in [0.1, 0.15) is 11.1 Å². The highest BCUT2D eigenvalue weighted by molar-refractivity contribution is 5.84. The first-order valence-corrected chi connectivity index (χ1v) is 8.08. The van der Waals surface area contributed by atoms with Crippen LogP contribution in [0.2, 0.25) is 0 Å². The minimum Gasteiger partial charge on any atom is -0.493 e. The van der Waals surface area contributed by atoms with Crippen molar-refractivity contribution in [3.8, 4) is 17.2 Å². The number of benzene rings is 2. The third-order valence-electron chi connectivity index (χ3n) is 3.76. The molecule has 7 nitrogen and oxygen atoms in total. The van der Waals surface area contributed by atoms with Gasteiger partial charge in [-0.25, -0.2) is 4.39 Å². The predicted molar refractivity (Wildman–Crippen MR) is 96.2 cm³/mol. The molecule has 0 spiro atoms. The zero-order valence-corrected chi connectivity index (χ0v) is 15.3. The maximum atomic E-state index is 12.9. The van der Waals surface area contributed by atoms with Gasteiger partial charge in [0.1, 0.15) is 5.82 Å². The maximum Gasteiger partial charge on any atom is 0.242 e. The molecule has 27 heavy (non-hydrogen) atoms. The van der Waals surface area contributed by atoms with Crippen molar-refractivity contribution in [2.24, 2.45) is 0 Å². The number of amides is 2. The van der Waals surface area contributed by atoms with Crippen molar-refractivity contribution in [3.05, 3.63) is 53.3 Å². The molecule has 0 atom stereocenters. The smallest absolute Gasteiger partial charge is 0.242 e. The van der Waals surface area contributed by atoms with Crippen molar-refractivity contribution in [3.63, 3.8) is 0 Å². The molecule has 2 amide bonds. The van der Waals surface area contributed by atoms with E-state index in [-0.39, 0.29) is 18.7 Å². The van der Waals surface area contributed by atoms with Gasteiger partial charge < -0.3 is 14.2 Å². The molecule has 0 aliphatic carbocycles. The summed E-state index contributed by atoms with van der Waals surface area (Å²) in [5.74, 6) is -0.0000634. The molecule has 2 aromatic carbocycles. The fourth-order valence-corrected chi connectivity index (χ4v) is 2.49. The van der Waals surface area contributed by atoms with Crippen molar-refractivity contribution < 1.29 is 28.2 Å². The Hall–Kier alpha value is -3.29. The van der Waals surface area contributed by atoms with E-state index in [1.807, 2.05) is 0 Å². The Balaban J connectivity index is 1.95. The Labute approximate surface area is 156 Å². The van der Waals surface area contributed by atoms with E-state index in [1.54, 1.807) is 12.1 Å². The zero-order chi connectivity index (χ0) is 19.8. The van der Waals surface area contributed by atoms with Gasteiger partial charge in [-0.05, 0) is 23.8 Å². The van der Waals surface area contributed by atoms with E-state index in [9.17, 15) is 14.0 Å². The minimum atomic E-state index is -0.437. The SMILES string of the molecule is COc1ccc(CC(=O)NNC(=O)Cc2ccc(F)cc2)c(OC)c1OC. The van der Waals surface area contributed by atoms with Crippen LogP contribution in [-0.4, -0.2) is 33.1 Å². The van der Waals surface area contributed by atoms with Gasteiger partial charge in [-0.15, -0.1) is 0 Å². The molecule has 0 saturated heterocycles. The first-order chi connectivity index (χ1) is 13.0. The maximum absolute atomic E-state index is 12.9. The van der Waals surface area contributed by atoms with Crippen LogP contribution in [-0.2, 0) is 22.4 Å². The lowest BCUT2D eigenvalue weighted by Gasteiger charge is -2.15. The van der Waals surface area contributed by atoms with E-state index in [2.05, 4.69) is 10.9 Å². The Bertz CT molecular complexity index is 808. The third-order valence-corrected chi connectivity index (χ3v) is 3.76.